The molecule has 0 fully saturated rings. The summed E-state index contributed by atoms with van der Waals surface area (Å²) >= 11 is 0. The van der Waals surface area contributed by atoms with Gasteiger partial charge in [0.25, 0.3) is 0 Å². The molecule has 2 aromatic rings. The van der Waals surface area contributed by atoms with E-state index in [4.69, 9.17) is 9.47 Å². The van der Waals surface area contributed by atoms with Crippen molar-refractivity contribution in [1.29, 1.82) is 0 Å². The lowest BCUT2D eigenvalue weighted by Gasteiger charge is -2.03. The SMILES string of the molecule is COCCNCc1cn(-c2cccc(OC)c2)nn1. The van der Waals surface area contributed by atoms with Gasteiger partial charge in [0.2, 0.25) is 0 Å². The van der Waals surface area contributed by atoms with E-state index in [0.29, 0.717) is 13.2 Å². The normalized spacial score (nSPS) is 10.6. The molecule has 0 aliphatic heterocycles. The molecule has 0 aliphatic rings. The van der Waals surface area contributed by atoms with Crippen LogP contribution in [0.2, 0.25) is 0 Å². The predicted octanol–water partition coefficient (Wildman–Crippen LogP) is 1.01. The van der Waals surface area contributed by atoms with Crippen molar-refractivity contribution in [3.05, 3.63) is 36.2 Å². The lowest BCUT2D eigenvalue weighted by atomic mass is 10.3. The van der Waals surface area contributed by atoms with E-state index in [1.165, 1.54) is 0 Å². The third-order valence-electron chi connectivity index (χ3n) is 2.65. The summed E-state index contributed by atoms with van der Waals surface area (Å²) in [4.78, 5) is 0. The lowest BCUT2D eigenvalue weighted by molar-refractivity contribution is 0.199. The first-order valence-electron chi connectivity index (χ1n) is 6.09. The Labute approximate surface area is 112 Å². The fraction of sp³-hybridized carbons (Fsp3) is 0.385. The lowest BCUT2D eigenvalue weighted by Crippen LogP contribution is -2.18. The van der Waals surface area contributed by atoms with Crippen LogP contribution in [0.1, 0.15) is 5.69 Å². The molecule has 6 heteroatoms. The smallest absolute Gasteiger partial charge is 0.121 e. The zero-order chi connectivity index (χ0) is 13.5. The molecule has 6 nitrogen and oxygen atoms in total. The van der Waals surface area contributed by atoms with Gasteiger partial charge in [0.1, 0.15) is 5.75 Å². The van der Waals surface area contributed by atoms with Crippen molar-refractivity contribution in [1.82, 2.24) is 20.3 Å². The molecule has 1 aromatic heterocycles. The van der Waals surface area contributed by atoms with Crippen molar-refractivity contribution in [3.63, 3.8) is 0 Å². The molecule has 102 valence electrons. The molecule has 0 radical (unpaired) electrons. The van der Waals surface area contributed by atoms with E-state index in [-0.39, 0.29) is 0 Å². The fourth-order valence-corrected chi connectivity index (χ4v) is 1.65. The average molecular weight is 262 g/mol. The molecule has 0 saturated heterocycles. The Balaban J connectivity index is 1.99. The van der Waals surface area contributed by atoms with E-state index < -0.39 is 0 Å². The van der Waals surface area contributed by atoms with Crippen LogP contribution in [0.3, 0.4) is 0 Å². The molecule has 0 spiro atoms. The van der Waals surface area contributed by atoms with Gasteiger partial charge >= 0.3 is 0 Å². The van der Waals surface area contributed by atoms with Crippen LogP contribution in [0.15, 0.2) is 30.5 Å². The fourth-order valence-electron chi connectivity index (χ4n) is 1.65. The van der Waals surface area contributed by atoms with Crippen LogP contribution in [-0.4, -0.2) is 42.4 Å². The van der Waals surface area contributed by atoms with Crippen LogP contribution in [0.5, 0.6) is 5.75 Å². The second-order valence-electron chi connectivity index (χ2n) is 4.03. The molecule has 1 heterocycles. The van der Waals surface area contributed by atoms with E-state index in [2.05, 4.69) is 15.6 Å². The van der Waals surface area contributed by atoms with Crippen LogP contribution in [0.4, 0.5) is 0 Å². The summed E-state index contributed by atoms with van der Waals surface area (Å²) in [6.07, 6.45) is 1.90. The second kappa shape index (κ2) is 6.86. The quantitative estimate of drug-likeness (QED) is 0.755. The van der Waals surface area contributed by atoms with Gasteiger partial charge < -0.3 is 14.8 Å². The number of hydrogen-bond acceptors (Lipinski definition) is 5. The van der Waals surface area contributed by atoms with E-state index in [1.54, 1.807) is 18.9 Å². The zero-order valence-electron chi connectivity index (χ0n) is 11.2. The summed E-state index contributed by atoms with van der Waals surface area (Å²) in [6, 6.07) is 7.69. The minimum absolute atomic E-state index is 0.674. The molecule has 19 heavy (non-hydrogen) atoms. The highest BCUT2D eigenvalue weighted by Gasteiger charge is 2.03. The maximum Gasteiger partial charge on any atom is 0.121 e. The Morgan fingerprint density at radius 3 is 3.00 bits per heavy atom. The molecule has 1 aromatic carbocycles. The Morgan fingerprint density at radius 1 is 1.32 bits per heavy atom. The third kappa shape index (κ3) is 3.77. The topological polar surface area (TPSA) is 61.2 Å². The molecule has 0 bridgehead atoms. The summed E-state index contributed by atoms with van der Waals surface area (Å²) < 4.78 is 11.9. The van der Waals surface area contributed by atoms with Crippen molar-refractivity contribution in [2.75, 3.05) is 27.4 Å². The van der Waals surface area contributed by atoms with E-state index >= 15 is 0 Å². The first-order valence-corrected chi connectivity index (χ1v) is 6.09. The molecule has 0 aliphatic carbocycles. The number of hydrogen-bond donors (Lipinski definition) is 1. The van der Waals surface area contributed by atoms with Gasteiger partial charge in [0.15, 0.2) is 0 Å². The van der Waals surface area contributed by atoms with Crippen LogP contribution >= 0.6 is 0 Å². The van der Waals surface area contributed by atoms with Gasteiger partial charge in [-0.3, -0.25) is 0 Å². The number of ether oxygens (including phenoxy) is 2. The van der Waals surface area contributed by atoms with Gasteiger partial charge in [-0.2, -0.15) is 0 Å². The van der Waals surface area contributed by atoms with Crippen LogP contribution < -0.4 is 10.1 Å². The average Bonchev–Trinajstić information content (AvgIpc) is 2.92. The number of methoxy groups -OCH3 is 2. The second-order valence-corrected chi connectivity index (χ2v) is 4.03. The minimum atomic E-state index is 0.674. The predicted molar refractivity (Wildman–Crippen MR) is 71.5 cm³/mol. The standard InChI is InChI=1S/C13H18N4O2/c1-18-7-6-14-9-11-10-17(16-15-11)12-4-3-5-13(8-12)19-2/h3-5,8,10,14H,6-7,9H2,1-2H3. The Hall–Kier alpha value is -1.92. The molecule has 0 saturated carbocycles. The zero-order valence-corrected chi connectivity index (χ0v) is 11.2. The van der Waals surface area contributed by atoms with Crippen molar-refractivity contribution in [2.45, 2.75) is 6.54 Å². The number of rotatable bonds is 7. The van der Waals surface area contributed by atoms with Gasteiger partial charge in [-0.15, -0.1) is 5.10 Å². The molecule has 1 N–H and O–H groups in total. The Morgan fingerprint density at radius 2 is 2.21 bits per heavy atom. The summed E-state index contributed by atoms with van der Waals surface area (Å²) in [7, 11) is 3.33. The largest absolute Gasteiger partial charge is 0.497 e. The number of benzene rings is 1. The summed E-state index contributed by atoms with van der Waals surface area (Å²) in [5.74, 6) is 0.799. The van der Waals surface area contributed by atoms with Gasteiger partial charge in [0.05, 0.1) is 31.3 Å². The molecule has 0 amide bonds. The first kappa shape index (κ1) is 13.5. The monoisotopic (exact) mass is 262 g/mol. The van der Waals surface area contributed by atoms with Gasteiger partial charge in [-0.25, -0.2) is 4.68 Å². The number of aromatic nitrogens is 3. The maximum absolute atomic E-state index is 5.19. The molecule has 0 atom stereocenters. The van der Waals surface area contributed by atoms with Crippen LogP contribution in [0.25, 0.3) is 5.69 Å². The van der Waals surface area contributed by atoms with E-state index in [9.17, 15) is 0 Å². The number of nitrogens with zero attached hydrogens (tertiary/aromatic N) is 3. The highest BCUT2D eigenvalue weighted by atomic mass is 16.5. The highest BCUT2D eigenvalue weighted by Crippen LogP contribution is 2.15. The Kier molecular flexibility index (Phi) is 4.88. The highest BCUT2D eigenvalue weighted by molar-refractivity contribution is 5.38. The Bertz CT molecular complexity index is 513. The maximum atomic E-state index is 5.19. The first-order chi connectivity index (χ1) is 9.33. The summed E-state index contributed by atoms with van der Waals surface area (Å²) in [6.45, 7) is 2.15. The van der Waals surface area contributed by atoms with Crippen molar-refractivity contribution >= 4 is 0 Å². The number of nitrogens with one attached hydrogen (secondary N) is 1. The molecule has 0 unspecified atom stereocenters. The van der Waals surface area contributed by atoms with E-state index in [0.717, 1.165) is 23.7 Å². The molecular formula is C13H18N4O2. The summed E-state index contributed by atoms with van der Waals surface area (Å²) in [5, 5.41) is 11.4. The molecular weight excluding hydrogens is 244 g/mol. The van der Waals surface area contributed by atoms with Gasteiger partial charge in [-0.05, 0) is 12.1 Å². The van der Waals surface area contributed by atoms with Crippen LogP contribution in [-0.2, 0) is 11.3 Å². The van der Waals surface area contributed by atoms with Gasteiger partial charge in [-0.1, -0.05) is 11.3 Å². The van der Waals surface area contributed by atoms with Crippen molar-refractivity contribution in [2.24, 2.45) is 0 Å². The van der Waals surface area contributed by atoms with Gasteiger partial charge in [0, 0.05) is 26.3 Å². The van der Waals surface area contributed by atoms with E-state index in [1.807, 2.05) is 30.5 Å². The van der Waals surface area contributed by atoms with Crippen molar-refractivity contribution < 1.29 is 9.47 Å². The van der Waals surface area contributed by atoms with Crippen LogP contribution in [0, 0.1) is 0 Å². The van der Waals surface area contributed by atoms with Crippen molar-refractivity contribution in [3.8, 4) is 11.4 Å². The summed E-state index contributed by atoms with van der Waals surface area (Å²) in [5.41, 5.74) is 1.81. The minimum Gasteiger partial charge on any atom is -0.497 e. The third-order valence-corrected chi connectivity index (χ3v) is 2.65. The molecule has 2 rings (SSSR count).